The summed E-state index contributed by atoms with van der Waals surface area (Å²) in [6.45, 7) is 3.36. The number of carboxylic acid groups (broad SMARTS) is 1. The highest BCUT2D eigenvalue weighted by molar-refractivity contribution is 7.89. The Bertz CT molecular complexity index is 646. The van der Waals surface area contributed by atoms with Gasteiger partial charge >= 0.3 is 5.97 Å². The monoisotopic (exact) mass is 311 g/mol. The molecule has 5 nitrogen and oxygen atoms in total. The SMILES string of the molecule is Cc1cc(C)c(S(=O)(=O)NC2CCCCC2)cc1C(=O)O. The van der Waals surface area contributed by atoms with Gasteiger partial charge in [0.05, 0.1) is 10.5 Å². The van der Waals surface area contributed by atoms with Crippen LogP contribution in [-0.4, -0.2) is 25.5 Å². The summed E-state index contributed by atoms with van der Waals surface area (Å²) in [6, 6.07) is 2.83. The third-order valence-corrected chi connectivity index (χ3v) is 5.63. The number of nitrogens with one attached hydrogen (secondary N) is 1. The standard InChI is InChI=1S/C15H21NO4S/c1-10-8-11(2)14(9-13(10)15(17)18)21(19,20)16-12-6-4-3-5-7-12/h8-9,12,16H,3-7H2,1-2H3,(H,17,18). The van der Waals surface area contributed by atoms with Gasteiger partial charge in [-0.05, 0) is 43.9 Å². The Labute approximate surface area is 125 Å². The van der Waals surface area contributed by atoms with Crippen molar-refractivity contribution in [2.24, 2.45) is 0 Å². The van der Waals surface area contributed by atoms with Gasteiger partial charge < -0.3 is 5.11 Å². The lowest BCUT2D eigenvalue weighted by molar-refractivity contribution is 0.0696. The molecule has 2 N–H and O–H groups in total. The Morgan fingerprint density at radius 2 is 1.76 bits per heavy atom. The Morgan fingerprint density at radius 1 is 1.14 bits per heavy atom. The lowest BCUT2D eigenvalue weighted by Crippen LogP contribution is -2.36. The van der Waals surface area contributed by atoms with Gasteiger partial charge in [-0.1, -0.05) is 25.3 Å². The molecule has 0 saturated heterocycles. The zero-order chi connectivity index (χ0) is 15.6. The minimum Gasteiger partial charge on any atom is -0.478 e. The van der Waals surface area contributed by atoms with Crippen LogP contribution in [0.5, 0.6) is 0 Å². The van der Waals surface area contributed by atoms with E-state index in [1.807, 2.05) is 0 Å². The Hall–Kier alpha value is -1.40. The van der Waals surface area contributed by atoms with Crippen molar-refractivity contribution in [3.05, 3.63) is 28.8 Å². The average molecular weight is 311 g/mol. The summed E-state index contributed by atoms with van der Waals surface area (Å²) in [7, 11) is -3.68. The van der Waals surface area contributed by atoms with E-state index < -0.39 is 16.0 Å². The molecular weight excluding hydrogens is 290 g/mol. The summed E-state index contributed by atoms with van der Waals surface area (Å²) in [4.78, 5) is 11.3. The minimum absolute atomic E-state index is 0.0321. The van der Waals surface area contributed by atoms with Crippen LogP contribution in [0.3, 0.4) is 0 Å². The van der Waals surface area contributed by atoms with Gasteiger partial charge in [0.25, 0.3) is 0 Å². The molecule has 21 heavy (non-hydrogen) atoms. The van der Waals surface area contributed by atoms with E-state index in [1.165, 1.54) is 6.07 Å². The second-order valence-electron chi connectivity index (χ2n) is 5.69. The highest BCUT2D eigenvalue weighted by Gasteiger charge is 2.24. The average Bonchev–Trinajstić information content (AvgIpc) is 2.38. The predicted molar refractivity (Wildman–Crippen MR) is 80.1 cm³/mol. The predicted octanol–water partition coefficient (Wildman–Crippen LogP) is 2.61. The molecule has 0 atom stereocenters. The molecule has 2 rings (SSSR count). The number of sulfonamides is 1. The summed E-state index contributed by atoms with van der Waals surface area (Å²) in [5.74, 6) is -1.11. The first-order chi connectivity index (χ1) is 9.81. The molecule has 1 saturated carbocycles. The van der Waals surface area contributed by atoms with Crippen molar-refractivity contribution >= 4 is 16.0 Å². The summed E-state index contributed by atoms with van der Waals surface area (Å²) in [5, 5.41) is 9.15. The van der Waals surface area contributed by atoms with E-state index in [9.17, 15) is 13.2 Å². The lowest BCUT2D eigenvalue weighted by atomic mass is 9.96. The summed E-state index contributed by atoms with van der Waals surface area (Å²) in [6.07, 6.45) is 4.89. The van der Waals surface area contributed by atoms with Crippen LogP contribution in [0.4, 0.5) is 0 Å². The van der Waals surface area contributed by atoms with E-state index in [4.69, 9.17) is 5.11 Å². The molecule has 1 fully saturated rings. The molecular formula is C15H21NO4S. The highest BCUT2D eigenvalue weighted by Crippen LogP contribution is 2.23. The van der Waals surface area contributed by atoms with Gasteiger partial charge in [-0.3, -0.25) is 0 Å². The van der Waals surface area contributed by atoms with Crippen LogP contribution in [0.1, 0.15) is 53.6 Å². The van der Waals surface area contributed by atoms with Crippen LogP contribution in [0, 0.1) is 13.8 Å². The number of hydrogen-bond acceptors (Lipinski definition) is 3. The van der Waals surface area contributed by atoms with Gasteiger partial charge in [0.15, 0.2) is 0 Å². The maximum atomic E-state index is 12.5. The molecule has 0 radical (unpaired) electrons. The van der Waals surface area contributed by atoms with Crippen molar-refractivity contribution in [3.8, 4) is 0 Å². The van der Waals surface area contributed by atoms with Gasteiger partial charge in [-0.15, -0.1) is 0 Å². The van der Waals surface area contributed by atoms with Gasteiger partial charge in [-0.25, -0.2) is 17.9 Å². The molecule has 0 aliphatic heterocycles. The van der Waals surface area contributed by atoms with Crippen LogP contribution in [0.25, 0.3) is 0 Å². The van der Waals surface area contributed by atoms with E-state index in [-0.39, 0.29) is 16.5 Å². The summed E-state index contributed by atoms with van der Waals surface area (Å²) >= 11 is 0. The first kappa shape index (κ1) is 16.0. The molecule has 1 aliphatic rings. The second-order valence-corrected chi connectivity index (χ2v) is 7.38. The van der Waals surface area contributed by atoms with Crippen molar-refractivity contribution in [1.29, 1.82) is 0 Å². The van der Waals surface area contributed by atoms with Gasteiger partial charge in [0, 0.05) is 6.04 Å². The molecule has 0 spiro atoms. The largest absolute Gasteiger partial charge is 0.478 e. The van der Waals surface area contributed by atoms with Crippen LogP contribution in [0.2, 0.25) is 0 Å². The number of aryl methyl sites for hydroxylation is 2. The van der Waals surface area contributed by atoms with E-state index in [0.717, 1.165) is 32.1 Å². The van der Waals surface area contributed by atoms with E-state index in [1.54, 1.807) is 19.9 Å². The highest BCUT2D eigenvalue weighted by atomic mass is 32.2. The quantitative estimate of drug-likeness (QED) is 0.895. The van der Waals surface area contributed by atoms with E-state index in [2.05, 4.69) is 4.72 Å². The van der Waals surface area contributed by atoms with Crippen molar-refractivity contribution in [1.82, 2.24) is 4.72 Å². The molecule has 1 aliphatic carbocycles. The van der Waals surface area contributed by atoms with E-state index in [0.29, 0.717) is 11.1 Å². The minimum atomic E-state index is -3.68. The fraction of sp³-hybridized carbons (Fsp3) is 0.533. The first-order valence-electron chi connectivity index (χ1n) is 7.18. The maximum absolute atomic E-state index is 12.5. The van der Waals surface area contributed by atoms with Crippen LogP contribution >= 0.6 is 0 Å². The van der Waals surface area contributed by atoms with Gasteiger partial charge in [-0.2, -0.15) is 0 Å². The molecule has 1 aromatic rings. The summed E-state index contributed by atoms with van der Waals surface area (Å²) < 4.78 is 27.7. The van der Waals surface area contributed by atoms with Crippen molar-refractivity contribution < 1.29 is 18.3 Å². The number of benzene rings is 1. The smallest absolute Gasteiger partial charge is 0.335 e. The molecule has 116 valence electrons. The number of carboxylic acids is 1. The Morgan fingerprint density at radius 3 is 2.33 bits per heavy atom. The number of rotatable bonds is 4. The zero-order valence-corrected chi connectivity index (χ0v) is 13.2. The van der Waals surface area contributed by atoms with Crippen LogP contribution in [-0.2, 0) is 10.0 Å². The topological polar surface area (TPSA) is 83.5 Å². The fourth-order valence-electron chi connectivity index (χ4n) is 2.86. The number of hydrogen-bond donors (Lipinski definition) is 2. The molecule has 0 aromatic heterocycles. The molecule has 0 bridgehead atoms. The maximum Gasteiger partial charge on any atom is 0.335 e. The van der Waals surface area contributed by atoms with Gasteiger partial charge in [0.1, 0.15) is 0 Å². The normalized spacial score (nSPS) is 16.9. The van der Waals surface area contributed by atoms with Gasteiger partial charge in [0.2, 0.25) is 10.0 Å². The van der Waals surface area contributed by atoms with Crippen LogP contribution in [0.15, 0.2) is 17.0 Å². The molecule has 0 heterocycles. The van der Waals surface area contributed by atoms with Crippen molar-refractivity contribution in [2.45, 2.75) is 56.9 Å². The Kier molecular flexibility index (Phi) is 4.68. The third kappa shape index (κ3) is 3.63. The molecule has 0 amide bonds. The van der Waals surface area contributed by atoms with E-state index >= 15 is 0 Å². The number of aromatic carboxylic acids is 1. The van der Waals surface area contributed by atoms with Crippen molar-refractivity contribution in [2.75, 3.05) is 0 Å². The molecule has 6 heteroatoms. The first-order valence-corrected chi connectivity index (χ1v) is 8.66. The lowest BCUT2D eigenvalue weighted by Gasteiger charge is -2.23. The zero-order valence-electron chi connectivity index (χ0n) is 12.3. The Balaban J connectivity index is 2.34. The molecule has 1 aromatic carbocycles. The van der Waals surface area contributed by atoms with Crippen molar-refractivity contribution in [3.63, 3.8) is 0 Å². The summed E-state index contributed by atoms with van der Waals surface area (Å²) in [5.41, 5.74) is 1.17. The number of carbonyl (C=O) groups is 1. The second kappa shape index (κ2) is 6.15. The fourth-order valence-corrected chi connectivity index (χ4v) is 4.41. The van der Waals surface area contributed by atoms with Crippen LogP contribution < -0.4 is 4.72 Å². The molecule has 0 unspecified atom stereocenters. The third-order valence-electron chi connectivity index (χ3n) is 3.97.